The first kappa shape index (κ1) is 12.4. The highest BCUT2D eigenvalue weighted by Gasteiger charge is 2.14. The lowest BCUT2D eigenvalue weighted by molar-refractivity contribution is 0.501. The van der Waals surface area contributed by atoms with Gasteiger partial charge in [-0.25, -0.2) is 0 Å². The van der Waals surface area contributed by atoms with Crippen LogP contribution in [0.15, 0.2) is 30.3 Å². The number of hydrogen-bond donors (Lipinski definition) is 2. The minimum Gasteiger partial charge on any atom is -0.362 e. The Hall–Kier alpha value is -1.09. The maximum Gasteiger partial charge on any atom is 0.170 e. The summed E-state index contributed by atoms with van der Waals surface area (Å²) in [5, 5.41) is 7.20. The highest BCUT2D eigenvalue weighted by Crippen LogP contribution is 2.26. The van der Waals surface area contributed by atoms with E-state index in [2.05, 4.69) is 10.6 Å². The molecule has 0 aromatic heterocycles. The fourth-order valence-electron chi connectivity index (χ4n) is 2.39. The molecule has 92 valence electrons. The Morgan fingerprint density at radius 2 is 1.88 bits per heavy atom. The van der Waals surface area contributed by atoms with Gasteiger partial charge in [-0.1, -0.05) is 43.9 Å². The fraction of sp³-hybridized carbons (Fsp3) is 0.500. The number of rotatable bonds is 4. The Morgan fingerprint density at radius 1 is 1.18 bits per heavy atom. The minimum absolute atomic E-state index is 0.731. The van der Waals surface area contributed by atoms with Crippen LogP contribution in [0.25, 0.3) is 0 Å². The van der Waals surface area contributed by atoms with Crippen LogP contribution in [0.5, 0.6) is 0 Å². The Morgan fingerprint density at radius 3 is 2.59 bits per heavy atom. The van der Waals surface area contributed by atoms with E-state index >= 15 is 0 Å². The SMILES string of the molecule is S=C(NCCC1CCCC1)Nc1ccccc1. The molecule has 0 unspecified atom stereocenters. The standard InChI is InChI=1S/C14H20N2S/c17-14(16-13-8-2-1-3-9-13)15-11-10-12-6-4-5-7-12/h1-3,8-9,12H,4-7,10-11H2,(H2,15,16,17). The van der Waals surface area contributed by atoms with Crippen molar-refractivity contribution >= 4 is 23.0 Å². The predicted octanol–water partition coefficient (Wildman–Crippen LogP) is 3.55. The highest BCUT2D eigenvalue weighted by molar-refractivity contribution is 7.80. The maximum absolute atomic E-state index is 5.25. The van der Waals surface area contributed by atoms with Gasteiger partial charge in [-0.05, 0) is 36.7 Å². The van der Waals surface area contributed by atoms with E-state index in [-0.39, 0.29) is 0 Å². The molecule has 2 nitrogen and oxygen atoms in total. The van der Waals surface area contributed by atoms with Gasteiger partial charge >= 0.3 is 0 Å². The monoisotopic (exact) mass is 248 g/mol. The third kappa shape index (κ3) is 4.35. The molecule has 2 rings (SSSR count). The van der Waals surface area contributed by atoms with Crippen molar-refractivity contribution in [1.82, 2.24) is 5.32 Å². The molecule has 0 saturated heterocycles. The molecule has 1 aliphatic carbocycles. The van der Waals surface area contributed by atoms with Crippen LogP contribution < -0.4 is 10.6 Å². The van der Waals surface area contributed by atoms with Crippen LogP contribution in [-0.4, -0.2) is 11.7 Å². The summed E-state index contributed by atoms with van der Waals surface area (Å²) < 4.78 is 0. The van der Waals surface area contributed by atoms with Crippen molar-refractivity contribution in [2.45, 2.75) is 32.1 Å². The number of hydrogen-bond acceptors (Lipinski definition) is 1. The third-order valence-corrected chi connectivity index (χ3v) is 3.59. The zero-order valence-corrected chi connectivity index (χ0v) is 10.9. The molecule has 2 N–H and O–H groups in total. The van der Waals surface area contributed by atoms with E-state index in [1.807, 2.05) is 30.3 Å². The first-order valence-corrected chi connectivity index (χ1v) is 6.85. The number of thiocarbonyl (C=S) groups is 1. The van der Waals surface area contributed by atoms with Crippen LogP contribution in [-0.2, 0) is 0 Å². The van der Waals surface area contributed by atoms with Gasteiger partial charge in [-0.2, -0.15) is 0 Å². The zero-order chi connectivity index (χ0) is 11.9. The minimum atomic E-state index is 0.731. The lowest BCUT2D eigenvalue weighted by Gasteiger charge is -2.12. The first-order chi connectivity index (χ1) is 8.34. The number of benzene rings is 1. The molecule has 0 heterocycles. The third-order valence-electron chi connectivity index (χ3n) is 3.34. The summed E-state index contributed by atoms with van der Waals surface area (Å²) in [5.74, 6) is 0.919. The average Bonchev–Trinajstić information content (AvgIpc) is 2.83. The van der Waals surface area contributed by atoms with Gasteiger partial charge in [0.2, 0.25) is 0 Å². The molecule has 17 heavy (non-hydrogen) atoms. The van der Waals surface area contributed by atoms with Gasteiger partial charge in [0, 0.05) is 12.2 Å². The van der Waals surface area contributed by atoms with Gasteiger partial charge in [0.15, 0.2) is 5.11 Å². The summed E-state index contributed by atoms with van der Waals surface area (Å²) in [5.41, 5.74) is 1.05. The lowest BCUT2D eigenvalue weighted by atomic mass is 10.0. The van der Waals surface area contributed by atoms with Crippen molar-refractivity contribution in [1.29, 1.82) is 0 Å². The van der Waals surface area contributed by atoms with Crippen molar-refractivity contribution in [2.75, 3.05) is 11.9 Å². The Bertz CT molecular complexity index is 344. The molecule has 0 radical (unpaired) electrons. The molecular formula is C14H20N2S. The number of para-hydroxylation sites is 1. The molecule has 1 aromatic carbocycles. The van der Waals surface area contributed by atoms with Crippen molar-refractivity contribution < 1.29 is 0 Å². The normalized spacial score (nSPS) is 15.8. The topological polar surface area (TPSA) is 24.1 Å². The molecule has 1 aromatic rings. The van der Waals surface area contributed by atoms with Crippen LogP contribution >= 0.6 is 12.2 Å². The van der Waals surface area contributed by atoms with Gasteiger partial charge in [0.25, 0.3) is 0 Å². The van der Waals surface area contributed by atoms with Crippen LogP contribution in [0.4, 0.5) is 5.69 Å². The van der Waals surface area contributed by atoms with Gasteiger partial charge in [0.05, 0.1) is 0 Å². The second-order valence-electron chi connectivity index (χ2n) is 4.69. The summed E-state index contributed by atoms with van der Waals surface area (Å²) >= 11 is 5.25. The highest BCUT2D eigenvalue weighted by atomic mass is 32.1. The van der Waals surface area contributed by atoms with E-state index in [0.717, 1.165) is 23.3 Å². The molecule has 0 amide bonds. The zero-order valence-electron chi connectivity index (χ0n) is 10.1. The molecule has 0 spiro atoms. The molecule has 0 aliphatic heterocycles. The summed E-state index contributed by atoms with van der Waals surface area (Å²) in [4.78, 5) is 0. The van der Waals surface area contributed by atoms with E-state index in [4.69, 9.17) is 12.2 Å². The first-order valence-electron chi connectivity index (χ1n) is 6.44. The summed E-state index contributed by atoms with van der Waals surface area (Å²) in [6.07, 6.45) is 6.88. The Labute approximate surface area is 109 Å². The van der Waals surface area contributed by atoms with Crippen LogP contribution in [0.1, 0.15) is 32.1 Å². The van der Waals surface area contributed by atoms with Crippen molar-refractivity contribution in [3.8, 4) is 0 Å². The van der Waals surface area contributed by atoms with Crippen molar-refractivity contribution in [2.24, 2.45) is 5.92 Å². The van der Waals surface area contributed by atoms with Crippen molar-refractivity contribution in [3.63, 3.8) is 0 Å². The smallest absolute Gasteiger partial charge is 0.170 e. The number of nitrogens with one attached hydrogen (secondary N) is 2. The van der Waals surface area contributed by atoms with Crippen LogP contribution in [0.2, 0.25) is 0 Å². The van der Waals surface area contributed by atoms with Gasteiger partial charge in [0.1, 0.15) is 0 Å². The van der Waals surface area contributed by atoms with E-state index < -0.39 is 0 Å². The average molecular weight is 248 g/mol. The second-order valence-corrected chi connectivity index (χ2v) is 5.09. The quantitative estimate of drug-likeness (QED) is 0.797. The molecule has 3 heteroatoms. The van der Waals surface area contributed by atoms with E-state index in [1.165, 1.54) is 32.1 Å². The molecule has 0 bridgehead atoms. The number of anilines is 1. The van der Waals surface area contributed by atoms with E-state index in [0.29, 0.717) is 0 Å². The second kappa shape index (κ2) is 6.60. The Kier molecular flexibility index (Phi) is 4.80. The summed E-state index contributed by atoms with van der Waals surface area (Å²) in [7, 11) is 0. The van der Waals surface area contributed by atoms with Gasteiger partial charge in [-0.3, -0.25) is 0 Å². The Balaban J connectivity index is 1.64. The molecule has 1 fully saturated rings. The largest absolute Gasteiger partial charge is 0.362 e. The van der Waals surface area contributed by atoms with E-state index in [9.17, 15) is 0 Å². The molecular weight excluding hydrogens is 228 g/mol. The van der Waals surface area contributed by atoms with E-state index in [1.54, 1.807) is 0 Å². The molecule has 0 atom stereocenters. The summed E-state index contributed by atoms with van der Waals surface area (Å²) in [6, 6.07) is 10.0. The van der Waals surface area contributed by atoms with Crippen molar-refractivity contribution in [3.05, 3.63) is 30.3 Å². The molecule has 1 saturated carbocycles. The summed E-state index contributed by atoms with van der Waals surface area (Å²) in [6.45, 7) is 0.989. The van der Waals surface area contributed by atoms with Crippen LogP contribution in [0.3, 0.4) is 0 Å². The predicted molar refractivity (Wildman–Crippen MR) is 77.2 cm³/mol. The van der Waals surface area contributed by atoms with Gasteiger partial charge in [-0.15, -0.1) is 0 Å². The maximum atomic E-state index is 5.25. The fourth-order valence-corrected chi connectivity index (χ4v) is 2.61. The van der Waals surface area contributed by atoms with Gasteiger partial charge < -0.3 is 10.6 Å². The lowest BCUT2D eigenvalue weighted by Crippen LogP contribution is -2.30. The molecule has 1 aliphatic rings. The van der Waals surface area contributed by atoms with Crippen LogP contribution in [0, 0.1) is 5.92 Å².